The highest BCUT2D eigenvalue weighted by molar-refractivity contribution is 5.74. The van der Waals surface area contributed by atoms with Crippen molar-refractivity contribution in [1.82, 2.24) is 15.0 Å². The topological polar surface area (TPSA) is 50.9 Å². The van der Waals surface area contributed by atoms with Crippen molar-refractivity contribution < 1.29 is 5.11 Å². The molecule has 3 rings (SSSR count). The first-order chi connectivity index (χ1) is 10.7. The number of aromatic hydroxyl groups is 1. The molecule has 2 aromatic carbocycles. The zero-order valence-electron chi connectivity index (χ0n) is 13.1. The molecule has 0 spiro atoms. The Bertz CT molecular complexity index is 792. The van der Waals surface area contributed by atoms with Gasteiger partial charge in [-0.05, 0) is 55.2 Å². The fourth-order valence-electron chi connectivity index (χ4n) is 2.60. The maximum atomic E-state index is 10.1. The summed E-state index contributed by atoms with van der Waals surface area (Å²) < 4.78 is 0. The highest BCUT2D eigenvalue weighted by Crippen LogP contribution is 2.24. The smallest absolute Gasteiger partial charge is 0.143 e. The van der Waals surface area contributed by atoms with Crippen LogP contribution < -0.4 is 0 Å². The lowest BCUT2D eigenvalue weighted by Gasteiger charge is -2.06. The first-order valence-electron chi connectivity index (χ1n) is 7.83. The molecule has 0 saturated heterocycles. The Hall–Kier alpha value is -2.36. The molecule has 3 aromatic rings. The molecule has 0 saturated carbocycles. The number of hydrogen-bond acceptors (Lipinski definition) is 3. The van der Waals surface area contributed by atoms with Crippen LogP contribution in [0.1, 0.15) is 37.3 Å². The van der Waals surface area contributed by atoms with Crippen LogP contribution >= 0.6 is 0 Å². The van der Waals surface area contributed by atoms with Gasteiger partial charge in [0.15, 0.2) is 0 Å². The lowest BCUT2D eigenvalue weighted by molar-refractivity contribution is 0.467. The van der Waals surface area contributed by atoms with Crippen molar-refractivity contribution in [1.29, 1.82) is 0 Å². The van der Waals surface area contributed by atoms with Gasteiger partial charge in [0.2, 0.25) is 0 Å². The SMILES string of the molecule is CCCCCc1ccc(O)c(-n2nc3ccc(C)cc3n2)c1. The van der Waals surface area contributed by atoms with Crippen LogP contribution in [-0.2, 0) is 6.42 Å². The molecular weight excluding hydrogens is 274 g/mol. The number of phenolic OH excluding ortho intramolecular Hbond substituents is 1. The first kappa shape index (κ1) is 14.6. The molecule has 0 amide bonds. The van der Waals surface area contributed by atoms with Crippen molar-refractivity contribution >= 4 is 11.0 Å². The monoisotopic (exact) mass is 295 g/mol. The molecule has 22 heavy (non-hydrogen) atoms. The highest BCUT2D eigenvalue weighted by atomic mass is 16.3. The van der Waals surface area contributed by atoms with Crippen molar-refractivity contribution in [3.8, 4) is 11.4 Å². The largest absolute Gasteiger partial charge is 0.506 e. The van der Waals surface area contributed by atoms with Crippen molar-refractivity contribution in [2.45, 2.75) is 39.5 Å². The van der Waals surface area contributed by atoms with E-state index in [2.05, 4.69) is 17.1 Å². The second kappa shape index (κ2) is 6.18. The molecule has 1 heterocycles. The van der Waals surface area contributed by atoms with Crippen LogP contribution in [0.3, 0.4) is 0 Å². The number of hydrogen-bond donors (Lipinski definition) is 1. The van der Waals surface area contributed by atoms with E-state index in [1.54, 1.807) is 6.07 Å². The Balaban J connectivity index is 1.96. The summed E-state index contributed by atoms with van der Waals surface area (Å²) in [6, 6.07) is 11.7. The van der Waals surface area contributed by atoms with Crippen LogP contribution in [0.15, 0.2) is 36.4 Å². The van der Waals surface area contributed by atoms with Crippen molar-refractivity contribution in [2.24, 2.45) is 0 Å². The first-order valence-corrected chi connectivity index (χ1v) is 7.83. The highest BCUT2D eigenvalue weighted by Gasteiger charge is 2.10. The predicted molar refractivity (Wildman–Crippen MR) is 88.5 cm³/mol. The summed E-state index contributed by atoms with van der Waals surface area (Å²) in [7, 11) is 0. The average Bonchev–Trinajstić information content (AvgIpc) is 2.92. The Morgan fingerprint density at radius 2 is 1.82 bits per heavy atom. The normalized spacial score (nSPS) is 11.2. The third-order valence-electron chi connectivity index (χ3n) is 3.86. The van der Waals surface area contributed by atoms with Gasteiger partial charge in [0, 0.05) is 0 Å². The summed E-state index contributed by atoms with van der Waals surface area (Å²) in [6.07, 6.45) is 4.60. The van der Waals surface area contributed by atoms with Gasteiger partial charge in [0.25, 0.3) is 0 Å². The molecule has 0 atom stereocenters. The van der Waals surface area contributed by atoms with E-state index < -0.39 is 0 Å². The van der Waals surface area contributed by atoms with Gasteiger partial charge in [-0.1, -0.05) is 31.9 Å². The van der Waals surface area contributed by atoms with Gasteiger partial charge in [-0.2, -0.15) is 0 Å². The molecule has 1 N–H and O–H groups in total. The molecule has 0 aliphatic rings. The number of benzene rings is 2. The second-order valence-corrected chi connectivity index (χ2v) is 5.76. The Kier molecular flexibility index (Phi) is 4.09. The van der Waals surface area contributed by atoms with E-state index in [0.717, 1.165) is 29.4 Å². The van der Waals surface area contributed by atoms with E-state index in [1.165, 1.54) is 23.2 Å². The van der Waals surface area contributed by atoms with Crippen LogP contribution in [0.25, 0.3) is 16.7 Å². The van der Waals surface area contributed by atoms with E-state index in [0.29, 0.717) is 5.69 Å². The molecular formula is C18H21N3O. The second-order valence-electron chi connectivity index (χ2n) is 5.76. The number of nitrogens with zero attached hydrogens (tertiary/aromatic N) is 3. The number of aryl methyl sites for hydroxylation is 2. The van der Waals surface area contributed by atoms with Gasteiger partial charge >= 0.3 is 0 Å². The minimum absolute atomic E-state index is 0.205. The van der Waals surface area contributed by atoms with Crippen LogP contribution in [-0.4, -0.2) is 20.1 Å². The van der Waals surface area contributed by atoms with E-state index in [9.17, 15) is 5.11 Å². The van der Waals surface area contributed by atoms with E-state index in [1.807, 2.05) is 37.3 Å². The molecule has 0 aliphatic carbocycles. The average molecular weight is 295 g/mol. The Morgan fingerprint density at radius 1 is 1.00 bits per heavy atom. The Morgan fingerprint density at radius 3 is 2.64 bits per heavy atom. The zero-order chi connectivity index (χ0) is 15.5. The van der Waals surface area contributed by atoms with Gasteiger partial charge in [-0.25, -0.2) is 0 Å². The zero-order valence-corrected chi connectivity index (χ0v) is 13.1. The van der Waals surface area contributed by atoms with Crippen LogP contribution in [0.5, 0.6) is 5.75 Å². The van der Waals surface area contributed by atoms with Crippen molar-refractivity contribution in [2.75, 3.05) is 0 Å². The number of phenols is 1. The van der Waals surface area contributed by atoms with Gasteiger partial charge in [-0.3, -0.25) is 0 Å². The maximum Gasteiger partial charge on any atom is 0.143 e. The third-order valence-corrected chi connectivity index (χ3v) is 3.86. The van der Waals surface area contributed by atoms with Crippen LogP contribution in [0.2, 0.25) is 0 Å². The quantitative estimate of drug-likeness (QED) is 0.719. The third kappa shape index (κ3) is 2.96. The van der Waals surface area contributed by atoms with E-state index in [4.69, 9.17) is 0 Å². The molecule has 0 unspecified atom stereocenters. The molecule has 0 radical (unpaired) electrons. The van der Waals surface area contributed by atoms with Gasteiger partial charge < -0.3 is 5.11 Å². The van der Waals surface area contributed by atoms with E-state index in [-0.39, 0.29) is 5.75 Å². The maximum absolute atomic E-state index is 10.1. The number of unbranched alkanes of at least 4 members (excludes halogenated alkanes) is 2. The van der Waals surface area contributed by atoms with Crippen molar-refractivity contribution in [3.05, 3.63) is 47.5 Å². The summed E-state index contributed by atoms with van der Waals surface area (Å²) in [4.78, 5) is 1.53. The lowest BCUT2D eigenvalue weighted by atomic mass is 10.1. The Labute approximate surface area is 130 Å². The summed E-state index contributed by atoms with van der Waals surface area (Å²) in [5.74, 6) is 0.205. The predicted octanol–water partition coefficient (Wildman–Crippen LogP) is 4.17. The molecule has 0 aliphatic heterocycles. The van der Waals surface area contributed by atoms with Crippen LogP contribution in [0.4, 0.5) is 0 Å². The molecule has 0 bridgehead atoms. The standard InChI is InChI=1S/C18H21N3O/c1-3-4-5-6-14-8-10-18(22)17(12-14)21-19-15-9-7-13(2)11-16(15)20-21/h7-12,22H,3-6H2,1-2H3. The van der Waals surface area contributed by atoms with Gasteiger partial charge in [0.05, 0.1) is 0 Å². The van der Waals surface area contributed by atoms with E-state index >= 15 is 0 Å². The van der Waals surface area contributed by atoms with Gasteiger partial charge in [-0.15, -0.1) is 15.0 Å². The minimum atomic E-state index is 0.205. The molecule has 114 valence electrons. The number of fused-ring (bicyclic) bond motifs is 1. The van der Waals surface area contributed by atoms with Gasteiger partial charge in [0.1, 0.15) is 22.5 Å². The summed E-state index contributed by atoms with van der Waals surface area (Å²) >= 11 is 0. The summed E-state index contributed by atoms with van der Waals surface area (Å²) in [6.45, 7) is 4.23. The number of aromatic nitrogens is 3. The molecule has 4 heteroatoms. The minimum Gasteiger partial charge on any atom is -0.506 e. The fraction of sp³-hybridized carbons (Fsp3) is 0.333. The lowest BCUT2D eigenvalue weighted by Crippen LogP contribution is -2.00. The molecule has 4 nitrogen and oxygen atoms in total. The number of rotatable bonds is 5. The van der Waals surface area contributed by atoms with Crippen LogP contribution in [0, 0.1) is 6.92 Å². The molecule has 1 aromatic heterocycles. The summed E-state index contributed by atoms with van der Waals surface area (Å²) in [5, 5.41) is 19.1. The fourth-order valence-corrected chi connectivity index (χ4v) is 2.60. The molecule has 0 fully saturated rings. The summed E-state index contributed by atoms with van der Waals surface area (Å²) in [5.41, 5.74) is 4.68. The van der Waals surface area contributed by atoms with Crippen molar-refractivity contribution in [3.63, 3.8) is 0 Å².